The van der Waals surface area contributed by atoms with Gasteiger partial charge in [0.2, 0.25) is 6.23 Å². The molecule has 0 aliphatic carbocycles. The summed E-state index contributed by atoms with van der Waals surface area (Å²) >= 11 is 0. The minimum Gasteiger partial charge on any atom is -0.504 e. The lowest BCUT2D eigenvalue weighted by molar-refractivity contribution is 0.0248. The normalized spacial score (nSPS) is 17.9. The van der Waals surface area contributed by atoms with Crippen LogP contribution in [0, 0.1) is 0 Å². The summed E-state index contributed by atoms with van der Waals surface area (Å²) in [6, 6.07) is 9.49. The van der Waals surface area contributed by atoms with Gasteiger partial charge in [0.15, 0.2) is 41.0 Å². The monoisotopic (exact) mass is 384 g/mol. The SMILES string of the molecule is NC(N)=N/C=C/c1ccc2c(c1)O[C@H](N=C(N)N)[C@@H](c1ccc(O)c(O)c1)O2. The molecule has 10 heteroatoms. The maximum absolute atomic E-state index is 9.78. The number of benzene rings is 2. The molecule has 0 aromatic heterocycles. The van der Waals surface area contributed by atoms with E-state index in [0.29, 0.717) is 17.1 Å². The first kappa shape index (κ1) is 18.7. The second-order valence-corrected chi connectivity index (χ2v) is 5.92. The average Bonchev–Trinajstić information content (AvgIpc) is 2.62. The summed E-state index contributed by atoms with van der Waals surface area (Å²) in [6.07, 6.45) is 1.49. The molecule has 0 fully saturated rings. The highest BCUT2D eigenvalue weighted by atomic mass is 16.6. The minimum atomic E-state index is -0.904. The largest absolute Gasteiger partial charge is 0.504 e. The summed E-state index contributed by atoms with van der Waals surface area (Å²) in [5, 5.41) is 19.3. The van der Waals surface area contributed by atoms with E-state index in [0.717, 1.165) is 5.56 Å². The molecule has 0 radical (unpaired) electrons. The third-order valence-corrected chi connectivity index (χ3v) is 3.82. The van der Waals surface area contributed by atoms with Crippen molar-refractivity contribution in [1.82, 2.24) is 0 Å². The van der Waals surface area contributed by atoms with Crippen LogP contribution in [-0.4, -0.2) is 28.4 Å². The summed E-state index contributed by atoms with van der Waals surface area (Å²) in [5.41, 5.74) is 22.9. The Balaban J connectivity index is 1.95. The molecule has 0 saturated heterocycles. The molecule has 2 atom stereocenters. The zero-order valence-electron chi connectivity index (χ0n) is 14.7. The Morgan fingerprint density at radius 1 is 0.893 bits per heavy atom. The lowest BCUT2D eigenvalue weighted by Crippen LogP contribution is -2.35. The van der Waals surface area contributed by atoms with Crippen molar-refractivity contribution in [3.05, 3.63) is 53.7 Å². The summed E-state index contributed by atoms with van der Waals surface area (Å²) in [4.78, 5) is 7.84. The number of aliphatic imine (C=N–C) groups is 2. The highest BCUT2D eigenvalue weighted by molar-refractivity contribution is 5.77. The van der Waals surface area contributed by atoms with Gasteiger partial charge in [-0.1, -0.05) is 12.1 Å². The second kappa shape index (κ2) is 7.66. The molecular weight excluding hydrogens is 364 g/mol. The smallest absolute Gasteiger partial charge is 0.234 e. The van der Waals surface area contributed by atoms with Gasteiger partial charge in [-0.2, -0.15) is 0 Å². The average molecular weight is 384 g/mol. The molecule has 1 aliphatic rings. The molecule has 0 saturated carbocycles. The Labute approximate surface area is 160 Å². The summed E-state index contributed by atoms with van der Waals surface area (Å²) in [6.45, 7) is 0. The zero-order chi connectivity index (χ0) is 20.3. The van der Waals surface area contributed by atoms with Gasteiger partial charge in [0.05, 0.1) is 0 Å². The fourth-order valence-corrected chi connectivity index (χ4v) is 2.61. The molecule has 1 heterocycles. The minimum absolute atomic E-state index is 0.0541. The predicted molar refractivity (Wildman–Crippen MR) is 105 cm³/mol. The number of guanidine groups is 2. The van der Waals surface area contributed by atoms with E-state index < -0.39 is 12.3 Å². The highest BCUT2D eigenvalue weighted by Gasteiger charge is 2.33. The Hall–Kier alpha value is -4.08. The number of fused-ring (bicyclic) bond motifs is 1. The van der Waals surface area contributed by atoms with Crippen molar-refractivity contribution in [1.29, 1.82) is 0 Å². The number of hydrogen-bond acceptors (Lipinski definition) is 6. The van der Waals surface area contributed by atoms with Crippen molar-refractivity contribution in [3.8, 4) is 23.0 Å². The van der Waals surface area contributed by atoms with Crippen LogP contribution in [-0.2, 0) is 0 Å². The molecule has 10 nitrogen and oxygen atoms in total. The van der Waals surface area contributed by atoms with E-state index in [2.05, 4.69) is 9.98 Å². The first-order chi connectivity index (χ1) is 13.3. The van der Waals surface area contributed by atoms with Gasteiger partial charge in [-0.05, 0) is 35.9 Å². The van der Waals surface area contributed by atoms with Gasteiger partial charge in [0, 0.05) is 11.8 Å². The van der Waals surface area contributed by atoms with Gasteiger partial charge in [0.25, 0.3) is 0 Å². The van der Waals surface area contributed by atoms with Crippen molar-refractivity contribution in [2.75, 3.05) is 0 Å². The van der Waals surface area contributed by atoms with Crippen LogP contribution in [0.4, 0.5) is 0 Å². The van der Waals surface area contributed by atoms with Crippen LogP contribution in [0.2, 0.25) is 0 Å². The van der Waals surface area contributed by atoms with E-state index in [1.807, 2.05) is 0 Å². The van der Waals surface area contributed by atoms with E-state index in [1.165, 1.54) is 18.3 Å². The fourth-order valence-electron chi connectivity index (χ4n) is 2.61. The van der Waals surface area contributed by atoms with E-state index in [9.17, 15) is 10.2 Å². The van der Waals surface area contributed by atoms with Crippen LogP contribution < -0.4 is 32.4 Å². The number of rotatable bonds is 4. The molecule has 2 aromatic rings. The molecule has 146 valence electrons. The maximum atomic E-state index is 9.78. The molecule has 10 N–H and O–H groups in total. The first-order valence-corrected chi connectivity index (χ1v) is 8.17. The number of phenols is 2. The Morgan fingerprint density at radius 2 is 1.68 bits per heavy atom. The van der Waals surface area contributed by atoms with Crippen molar-refractivity contribution in [2.24, 2.45) is 32.9 Å². The molecule has 28 heavy (non-hydrogen) atoms. The van der Waals surface area contributed by atoms with E-state index in [4.69, 9.17) is 32.4 Å². The Bertz CT molecular complexity index is 965. The quantitative estimate of drug-likeness (QED) is 0.249. The van der Waals surface area contributed by atoms with Crippen LogP contribution in [0.3, 0.4) is 0 Å². The highest BCUT2D eigenvalue weighted by Crippen LogP contribution is 2.42. The van der Waals surface area contributed by atoms with Gasteiger partial charge >= 0.3 is 0 Å². The van der Waals surface area contributed by atoms with Crippen LogP contribution in [0.25, 0.3) is 6.08 Å². The van der Waals surface area contributed by atoms with Crippen LogP contribution in [0.1, 0.15) is 17.2 Å². The van der Waals surface area contributed by atoms with E-state index in [1.54, 1.807) is 30.3 Å². The number of phenolic OH excluding ortho intramolecular Hbond substituents is 2. The standard InChI is InChI=1S/C18H20N6O4/c19-17(20)23-6-5-9-1-4-13-14(7-9)28-16(24-18(21)22)15(27-13)10-2-3-11(25)12(26)8-10/h1-8,15-16,25-26H,(H4,19,20,23)(H4,21,22,24)/b6-5+/t15-,16+/m1/s1. The zero-order valence-corrected chi connectivity index (χ0v) is 14.7. The summed E-state index contributed by atoms with van der Waals surface area (Å²) in [5.74, 6) is 0.0854. The maximum Gasteiger partial charge on any atom is 0.234 e. The first-order valence-electron chi connectivity index (χ1n) is 8.17. The van der Waals surface area contributed by atoms with E-state index >= 15 is 0 Å². The number of nitrogens with two attached hydrogens (primary N) is 4. The number of hydrogen-bond donors (Lipinski definition) is 6. The van der Waals surface area contributed by atoms with Gasteiger partial charge < -0.3 is 42.6 Å². The number of ether oxygens (including phenoxy) is 2. The molecular formula is C18H20N6O4. The third kappa shape index (κ3) is 4.18. The number of nitrogens with zero attached hydrogens (tertiary/aromatic N) is 2. The Kier molecular flexibility index (Phi) is 5.12. The molecule has 0 amide bonds. The van der Waals surface area contributed by atoms with E-state index in [-0.39, 0.29) is 23.4 Å². The predicted octanol–water partition coefficient (Wildman–Crippen LogP) is 0.454. The van der Waals surface area contributed by atoms with Crippen molar-refractivity contribution in [3.63, 3.8) is 0 Å². The Morgan fingerprint density at radius 3 is 2.36 bits per heavy atom. The van der Waals surface area contributed by atoms with Gasteiger partial charge in [-0.15, -0.1) is 0 Å². The van der Waals surface area contributed by atoms with Crippen LogP contribution >= 0.6 is 0 Å². The summed E-state index contributed by atoms with van der Waals surface area (Å²) < 4.78 is 11.9. The molecule has 2 aromatic carbocycles. The second-order valence-electron chi connectivity index (χ2n) is 5.92. The van der Waals surface area contributed by atoms with Crippen molar-refractivity contribution < 1.29 is 19.7 Å². The molecule has 3 rings (SSSR count). The van der Waals surface area contributed by atoms with Crippen LogP contribution in [0.15, 0.2) is 52.6 Å². The third-order valence-electron chi connectivity index (χ3n) is 3.82. The van der Waals surface area contributed by atoms with Crippen LogP contribution in [0.5, 0.6) is 23.0 Å². The molecule has 1 aliphatic heterocycles. The topological polar surface area (TPSA) is 188 Å². The number of aromatic hydroxyl groups is 2. The summed E-state index contributed by atoms with van der Waals surface area (Å²) in [7, 11) is 0. The lowest BCUT2D eigenvalue weighted by atomic mass is 10.1. The van der Waals surface area contributed by atoms with Crippen molar-refractivity contribution >= 4 is 18.0 Å². The molecule has 0 bridgehead atoms. The van der Waals surface area contributed by atoms with Gasteiger partial charge in [0.1, 0.15) is 0 Å². The van der Waals surface area contributed by atoms with Gasteiger partial charge in [-0.25, -0.2) is 9.98 Å². The van der Waals surface area contributed by atoms with Crippen molar-refractivity contribution in [2.45, 2.75) is 12.3 Å². The van der Waals surface area contributed by atoms with Gasteiger partial charge in [-0.3, -0.25) is 0 Å². The molecule has 0 spiro atoms. The molecule has 0 unspecified atom stereocenters. The lowest BCUT2D eigenvalue weighted by Gasteiger charge is -2.32. The fraction of sp³-hybridized carbons (Fsp3) is 0.111.